The minimum atomic E-state index is -0.652. The molecule has 1 amide bonds. The molecule has 0 aliphatic carbocycles. The molecule has 156 valence electrons. The summed E-state index contributed by atoms with van der Waals surface area (Å²) in [5.74, 6) is -2.21. The summed E-state index contributed by atoms with van der Waals surface area (Å²) in [5, 5.41) is 1.97. The van der Waals surface area contributed by atoms with Gasteiger partial charge >= 0.3 is 5.97 Å². The zero-order chi connectivity index (χ0) is 21.6. The number of carbonyl (C=O) groups excluding carboxylic acids is 2. The lowest BCUT2D eigenvalue weighted by molar-refractivity contribution is -0.143. The SMILES string of the molecule is CCCOC(=O)C(Sc1cc(NC(=O)c2cccc(F)c2)c(F)cc1Br)C(C)C. The lowest BCUT2D eigenvalue weighted by Gasteiger charge is -2.20. The predicted molar refractivity (Wildman–Crippen MR) is 114 cm³/mol. The lowest BCUT2D eigenvalue weighted by atomic mass is 10.1. The Morgan fingerprint density at radius 1 is 1.21 bits per heavy atom. The summed E-state index contributed by atoms with van der Waals surface area (Å²) in [4.78, 5) is 25.3. The molecule has 0 heterocycles. The molecule has 0 spiro atoms. The second-order valence-electron chi connectivity index (χ2n) is 6.68. The number of hydrogen-bond acceptors (Lipinski definition) is 4. The minimum absolute atomic E-state index is 0.0216. The third-order valence-corrected chi connectivity index (χ3v) is 6.40. The molecule has 0 aliphatic rings. The van der Waals surface area contributed by atoms with Gasteiger partial charge in [-0.25, -0.2) is 8.78 Å². The quantitative estimate of drug-likeness (QED) is 0.365. The van der Waals surface area contributed by atoms with Crippen LogP contribution >= 0.6 is 27.7 Å². The highest BCUT2D eigenvalue weighted by atomic mass is 79.9. The molecule has 1 atom stereocenters. The highest BCUT2D eigenvalue weighted by Gasteiger charge is 2.26. The zero-order valence-corrected chi connectivity index (χ0v) is 18.7. The average molecular weight is 486 g/mol. The smallest absolute Gasteiger partial charge is 0.319 e. The molecular formula is C21H22BrF2NO3S. The van der Waals surface area contributed by atoms with E-state index in [1.54, 1.807) is 0 Å². The number of rotatable bonds is 8. The molecule has 2 rings (SSSR count). The van der Waals surface area contributed by atoms with Crippen molar-refractivity contribution in [3.63, 3.8) is 0 Å². The van der Waals surface area contributed by atoms with E-state index in [2.05, 4.69) is 21.2 Å². The average Bonchev–Trinajstić information content (AvgIpc) is 2.66. The first-order chi connectivity index (χ1) is 13.7. The first kappa shape index (κ1) is 23.3. The maximum atomic E-state index is 14.4. The number of nitrogens with one attached hydrogen (secondary N) is 1. The summed E-state index contributed by atoms with van der Waals surface area (Å²) in [7, 11) is 0. The molecule has 2 aromatic carbocycles. The number of benzene rings is 2. The third-order valence-electron chi connectivity index (χ3n) is 3.90. The van der Waals surface area contributed by atoms with Crippen LogP contribution in [0.1, 0.15) is 37.6 Å². The molecule has 4 nitrogen and oxygen atoms in total. The van der Waals surface area contributed by atoms with Gasteiger partial charge in [0, 0.05) is 14.9 Å². The summed E-state index contributed by atoms with van der Waals surface area (Å²) in [6, 6.07) is 7.79. The molecule has 2 aromatic rings. The lowest BCUT2D eigenvalue weighted by Crippen LogP contribution is -2.26. The van der Waals surface area contributed by atoms with Crippen molar-refractivity contribution in [3.8, 4) is 0 Å². The molecule has 29 heavy (non-hydrogen) atoms. The van der Waals surface area contributed by atoms with Crippen molar-refractivity contribution >= 4 is 45.3 Å². The van der Waals surface area contributed by atoms with Crippen LogP contribution in [-0.4, -0.2) is 23.7 Å². The van der Waals surface area contributed by atoms with E-state index in [-0.39, 0.29) is 23.1 Å². The molecule has 0 fully saturated rings. The number of hydrogen-bond donors (Lipinski definition) is 1. The molecule has 0 aromatic heterocycles. The Balaban J connectivity index is 2.25. The van der Waals surface area contributed by atoms with E-state index >= 15 is 0 Å². The Bertz CT molecular complexity index is 892. The van der Waals surface area contributed by atoms with Crippen molar-refractivity contribution in [1.29, 1.82) is 0 Å². The van der Waals surface area contributed by atoms with E-state index in [1.807, 2.05) is 20.8 Å². The van der Waals surface area contributed by atoms with E-state index in [9.17, 15) is 18.4 Å². The second kappa shape index (κ2) is 10.7. The zero-order valence-electron chi connectivity index (χ0n) is 16.3. The molecular weight excluding hydrogens is 464 g/mol. The number of thioether (sulfide) groups is 1. The van der Waals surface area contributed by atoms with Gasteiger partial charge in [0.25, 0.3) is 5.91 Å². The van der Waals surface area contributed by atoms with Crippen molar-refractivity contribution in [2.45, 2.75) is 37.3 Å². The maximum absolute atomic E-state index is 14.4. The Morgan fingerprint density at radius 2 is 1.93 bits per heavy atom. The predicted octanol–water partition coefficient (Wildman–Crippen LogP) is 6.05. The van der Waals surface area contributed by atoms with Gasteiger partial charge in [-0.1, -0.05) is 26.8 Å². The number of anilines is 1. The summed E-state index contributed by atoms with van der Waals surface area (Å²) >= 11 is 4.54. The second-order valence-corrected chi connectivity index (χ2v) is 8.71. The van der Waals surface area contributed by atoms with Crippen LogP contribution in [0.4, 0.5) is 14.5 Å². The van der Waals surface area contributed by atoms with E-state index < -0.39 is 22.8 Å². The summed E-state index contributed by atoms with van der Waals surface area (Å²) in [6.45, 7) is 6.04. The number of carbonyl (C=O) groups is 2. The van der Waals surface area contributed by atoms with Gasteiger partial charge in [0.05, 0.1) is 12.3 Å². The molecule has 0 saturated heterocycles. The van der Waals surface area contributed by atoms with Crippen LogP contribution in [0.3, 0.4) is 0 Å². The van der Waals surface area contributed by atoms with Crippen molar-refractivity contribution in [3.05, 3.63) is 58.1 Å². The minimum Gasteiger partial charge on any atom is -0.465 e. The molecule has 0 aliphatic heterocycles. The highest BCUT2D eigenvalue weighted by molar-refractivity contribution is 9.10. The maximum Gasteiger partial charge on any atom is 0.319 e. The molecule has 8 heteroatoms. The molecule has 0 saturated carbocycles. The van der Waals surface area contributed by atoms with E-state index in [4.69, 9.17) is 4.74 Å². The van der Waals surface area contributed by atoms with Crippen LogP contribution < -0.4 is 5.32 Å². The normalized spacial score (nSPS) is 12.0. The number of amides is 1. The number of esters is 1. The van der Waals surface area contributed by atoms with Gasteiger partial charge in [-0.2, -0.15) is 0 Å². The molecule has 0 radical (unpaired) electrons. The standard InChI is InChI=1S/C21H22BrF2NO3S/c1-4-8-28-21(27)19(12(2)3)29-18-11-17(16(24)10-15(18)22)25-20(26)13-6-5-7-14(23)9-13/h5-7,9-12,19H,4,8H2,1-3H3,(H,25,26). The fourth-order valence-corrected chi connectivity index (χ4v) is 4.08. The van der Waals surface area contributed by atoms with Crippen LogP contribution in [-0.2, 0) is 9.53 Å². The van der Waals surface area contributed by atoms with E-state index in [1.165, 1.54) is 42.1 Å². The molecule has 1 unspecified atom stereocenters. The van der Waals surface area contributed by atoms with Crippen LogP contribution in [0.2, 0.25) is 0 Å². The van der Waals surface area contributed by atoms with Gasteiger partial charge in [0.15, 0.2) is 0 Å². The van der Waals surface area contributed by atoms with Crippen molar-refractivity contribution in [1.82, 2.24) is 0 Å². The third kappa shape index (κ3) is 6.54. The Hall–Kier alpha value is -1.93. The van der Waals surface area contributed by atoms with Crippen molar-refractivity contribution in [2.75, 3.05) is 11.9 Å². The van der Waals surface area contributed by atoms with Crippen LogP contribution in [0.25, 0.3) is 0 Å². The number of ether oxygens (including phenoxy) is 1. The van der Waals surface area contributed by atoms with Gasteiger partial charge < -0.3 is 10.1 Å². The monoisotopic (exact) mass is 485 g/mol. The van der Waals surface area contributed by atoms with Crippen molar-refractivity contribution in [2.24, 2.45) is 5.92 Å². The van der Waals surface area contributed by atoms with Gasteiger partial charge in [0.1, 0.15) is 16.9 Å². The van der Waals surface area contributed by atoms with Gasteiger partial charge in [0.2, 0.25) is 0 Å². The van der Waals surface area contributed by atoms with Crippen LogP contribution in [0.5, 0.6) is 0 Å². The van der Waals surface area contributed by atoms with Gasteiger partial charge in [-0.05, 0) is 58.6 Å². The van der Waals surface area contributed by atoms with Gasteiger partial charge in [-0.3, -0.25) is 9.59 Å². The van der Waals surface area contributed by atoms with E-state index in [0.717, 1.165) is 12.5 Å². The topological polar surface area (TPSA) is 55.4 Å². The first-order valence-electron chi connectivity index (χ1n) is 9.12. The van der Waals surface area contributed by atoms with Crippen molar-refractivity contribution < 1.29 is 23.1 Å². The fourth-order valence-electron chi connectivity index (χ4n) is 2.42. The van der Waals surface area contributed by atoms with Gasteiger partial charge in [-0.15, -0.1) is 11.8 Å². The van der Waals surface area contributed by atoms with E-state index in [0.29, 0.717) is 16.0 Å². The Labute approximate surface area is 181 Å². The molecule has 1 N–H and O–H groups in total. The first-order valence-corrected chi connectivity index (χ1v) is 10.8. The number of halogens is 3. The largest absolute Gasteiger partial charge is 0.465 e. The summed E-state index contributed by atoms with van der Waals surface area (Å²) in [6.07, 6.45) is 0.720. The summed E-state index contributed by atoms with van der Waals surface area (Å²) < 4.78 is 33.4. The molecule has 0 bridgehead atoms. The van der Waals surface area contributed by atoms with Crippen LogP contribution in [0.15, 0.2) is 45.8 Å². The Kier molecular flexibility index (Phi) is 8.64. The highest BCUT2D eigenvalue weighted by Crippen LogP contribution is 2.37. The Morgan fingerprint density at radius 3 is 2.55 bits per heavy atom. The summed E-state index contributed by atoms with van der Waals surface area (Å²) in [5.41, 5.74) is 0.0131. The van der Waals surface area contributed by atoms with Crippen LogP contribution in [0, 0.1) is 17.6 Å². The fraction of sp³-hybridized carbons (Fsp3) is 0.333.